The van der Waals surface area contributed by atoms with Crippen LogP contribution in [0.5, 0.6) is 0 Å². The van der Waals surface area contributed by atoms with Crippen molar-refractivity contribution in [2.75, 3.05) is 32.8 Å². The van der Waals surface area contributed by atoms with E-state index < -0.39 is 11.6 Å². The number of Topliss-reactive ketones (excluding diaryl/α,β-unsaturated/α-hetero) is 1. The van der Waals surface area contributed by atoms with E-state index in [1.165, 1.54) is 12.4 Å². The van der Waals surface area contributed by atoms with Crippen molar-refractivity contribution in [3.8, 4) is 0 Å². The molecule has 2 aliphatic rings. The molecule has 8 nitrogen and oxygen atoms in total. The van der Waals surface area contributed by atoms with Crippen molar-refractivity contribution in [2.45, 2.75) is 0 Å². The summed E-state index contributed by atoms with van der Waals surface area (Å²) < 4.78 is 5.20. The predicted molar refractivity (Wildman–Crippen MR) is 74.2 cm³/mol. The van der Waals surface area contributed by atoms with Crippen LogP contribution in [0, 0.1) is 0 Å². The van der Waals surface area contributed by atoms with E-state index >= 15 is 0 Å². The molecule has 8 heteroatoms. The van der Waals surface area contributed by atoms with Gasteiger partial charge in [0.15, 0.2) is 0 Å². The Kier molecular flexibility index (Phi) is 4.03. The highest BCUT2D eigenvalue weighted by molar-refractivity contribution is 6.23. The van der Waals surface area contributed by atoms with Crippen LogP contribution in [-0.4, -0.2) is 65.2 Å². The summed E-state index contributed by atoms with van der Waals surface area (Å²) in [5.41, 5.74) is -0.0772. The van der Waals surface area contributed by atoms with E-state index in [2.05, 4.69) is 15.3 Å². The first-order valence-corrected chi connectivity index (χ1v) is 6.87. The smallest absolute Gasteiger partial charge is 0.238 e. The summed E-state index contributed by atoms with van der Waals surface area (Å²) in [5.74, 6) is -1.29. The van der Waals surface area contributed by atoms with Gasteiger partial charge in [0.25, 0.3) is 0 Å². The van der Waals surface area contributed by atoms with Crippen molar-refractivity contribution in [3.05, 3.63) is 35.6 Å². The number of fused-ring (bicyclic) bond motifs is 1. The second-order valence-electron chi connectivity index (χ2n) is 4.94. The van der Waals surface area contributed by atoms with Gasteiger partial charge in [0.05, 0.1) is 25.5 Å². The fourth-order valence-electron chi connectivity index (χ4n) is 2.32. The Morgan fingerprint density at radius 3 is 2.59 bits per heavy atom. The Hall–Kier alpha value is -2.45. The summed E-state index contributed by atoms with van der Waals surface area (Å²) in [6, 6.07) is 0. The first-order valence-electron chi connectivity index (χ1n) is 6.87. The SMILES string of the molecule is O=C(CN1CCOCC1)NC1=CC(=O)c2nccnc2C1=O. The van der Waals surface area contributed by atoms with Crippen molar-refractivity contribution in [1.82, 2.24) is 20.2 Å². The summed E-state index contributed by atoms with van der Waals surface area (Å²) in [7, 11) is 0. The zero-order chi connectivity index (χ0) is 15.5. The van der Waals surface area contributed by atoms with Crippen molar-refractivity contribution in [1.29, 1.82) is 0 Å². The third kappa shape index (κ3) is 2.92. The van der Waals surface area contributed by atoms with Gasteiger partial charge >= 0.3 is 0 Å². The molecule has 22 heavy (non-hydrogen) atoms. The third-order valence-electron chi connectivity index (χ3n) is 3.41. The van der Waals surface area contributed by atoms with Crippen LogP contribution in [0.1, 0.15) is 21.0 Å². The minimum Gasteiger partial charge on any atom is -0.379 e. The number of hydrogen-bond acceptors (Lipinski definition) is 7. The van der Waals surface area contributed by atoms with Crippen molar-refractivity contribution >= 4 is 17.5 Å². The number of amides is 1. The normalized spacial score (nSPS) is 18.6. The summed E-state index contributed by atoms with van der Waals surface area (Å²) >= 11 is 0. The van der Waals surface area contributed by atoms with Gasteiger partial charge in [0, 0.05) is 31.6 Å². The molecule has 0 atom stereocenters. The molecule has 114 valence electrons. The van der Waals surface area contributed by atoms with Crippen LogP contribution in [-0.2, 0) is 9.53 Å². The Balaban J connectivity index is 1.69. The number of morpholine rings is 1. The van der Waals surface area contributed by atoms with Crippen LogP contribution < -0.4 is 5.32 Å². The molecule has 3 rings (SSSR count). The number of nitrogens with one attached hydrogen (secondary N) is 1. The van der Waals surface area contributed by atoms with E-state index in [-0.39, 0.29) is 29.5 Å². The summed E-state index contributed by atoms with van der Waals surface area (Å²) in [5, 5.41) is 2.49. The second-order valence-corrected chi connectivity index (χ2v) is 4.94. The Morgan fingerprint density at radius 1 is 1.18 bits per heavy atom. The lowest BCUT2D eigenvalue weighted by Gasteiger charge is -2.26. The molecular formula is C14H14N4O4. The van der Waals surface area contributed by atoms with E-state index in [4.69, 9.17) is 4.74 Å². The van der Waals surface area contributed by atoms with Crippen molar-refractivity contribution in [2.24, 2.45) is 0 Å². The molecule has 1 aromatic heterocycles. The van der Waals surface area contributed by atoms with E-state index in [0.717, 1.165) is 6.08 Å². The minimum absolute atomic E-state index is 0.0127. The summed E-state index contributed by atoms with van der Waals surface area (Å²) in [6.07, 6.45) is 3.78. The molecular weight excluding hydrogens is 288 g/mol. The van der Waals surface area contributed by atoms with Crippen LogP contribution in [0.2, 0.25) is 0 Å². The number of ether oxygens (including phenoxy) is 1. The van der Waals surface area contributed by atoms with E-state index in [0.29, 0.717) is 26.3 Å². The molecule has 0 saturated carbocycles. The molecule has 1 amide bonds. The molecule has 1 saturated heterocycles. The number of aromatic nitrogens is 2. The summed E-state index contributed by atoms with van der Waals surface area (Å²) in [4.78, 5) is 45.8. The number of nitrogens with zero attached hydrogens (tertiary/aromatic N) is 3. The van der Waals surface area contributed by atoms with Crippen LogP contribution in [0.4, 0.5) is 0 Å². The first kappa shape index (κ1) is 14.5. The van der Waals surface area contributed by atoms with Crippen molar-refractivity contribution in [3.63, 3.8) is 0 Å². The van der Waals surface area contributed by atoms with E-state index in [9.17, 15) is 14.4 Å². The molecule has 1 N–H and O–H groups in total. The number of ketones is 2. The quantitative estimate of drug-likeness (QED) is 0.779. The molecule has 1 aliphatic carbocycles. The lowest BCUT2D eigenvalue weighted by molar-refractivity contribution is -0.122. The van der Waals surface area contributed by atoms with Gasteiger partial charge in [-0.15, -0.1) is 0 Å². The largest absolute Gasteiger partial charge is 0.379 e. The molecule has 0 spiro atoms. The Morgan fingerprint density at radius 2 is 1.86 bits per heavy atom. The number of carbonyl (C=O) groups is 3. The molecule has 0 aromatic carbocycles. The first-order chi connectivity index (χ1) is 10.6. The lowest BCUT2D eigenvalue weighted by atomic mass is 10.0. The van der Waals surface area contributed by atoms with Crippen LogP contribution in [0.3, 0.4) is 0 Å². The fraction of sp³-hybridized carbons (Fsp3) is 0.357. The van der Waals surface area contributed by atoms with Crippen LogP contribution in [0.25, 0.3) is 0 Å². The predicted octanol–water partition coefficient (Wildman–Crippen LogP) is -0.812. The standard InChI is InChI=1S/C14H14N4O4/c19-10-7-9(14(21)13-12(10)15-1-2-16-13)17-11(20)8-18-3-5-22-6-4-18/h1-2,7H,3-6,8H2,(H,17,20). The molecule has 0 bridgehead atoms. The van der Waals surface area contributed by atoms with Gasteiger partial charge in [0.2, 0.25) is 17.5 Å². The Bertz CT molecular complexity index is 665. The highest BCUT2D eigenvalue weighted by Gasteiger charge is 2.29. The maximum atomic E-state index is 12.2. The molecule has 1 fully saturated rings. The zero-order valence-electron chi connectivity index (χ0n) is 11.7. The molecule has 2 heterocycles. The molecule has 1 aliphatic heterocycles. The average Bonchev–Trinajstić information content (AvgIpc) is 2.53. The number of hydrogen-bond donors (Lipinski definition) is 1. The van der Waals surface area contributed by atoms with E-state index in [1.54, 1.807) is 0 Å². The highest BCUT2D eigenvalue weighted by atomic mass is 16.5. The van der Waals surface area contributed by atoms with Crippen molar-refractivity contribution < 1.29 is 19.1 Å². The number of rotatable bonds is 3. The van der Waals surface area contributed by atoms with Gasteiger partial charge in [-0.3, -0.25) is 19.3 Å². The third-order valence-corrected chi connectivity index (χ3v) is 3.41. The van der Waals surface area contributed by atoms with E-state index in [1.807, 2.05) is 4.90 Å². The summed E-state index contributed by atoms with van der Waals surface area (Å²) in [6.45, 7) is 2.63. The number of allylic oxidation sites excluding steroid dienone is 2. The van der Waals surface area contributed by atoms with Gasteiger partial charge < -0.3 is 10.1 Å². The van der Waals surface area contributed by atoms with Gasteiger partial charge in [-0.05, 0) is 0 Å². The van der Waals surface area contributed by atoms with Gasteiger partial charge in [-0.1, -0.05) is 0 Å². The van der Waals surface area contributed by atoms with Gasteiger partial charge in [0.1, 0.15) is 11.4 Å². The fourth-order valence-corrected chi connectivity index (χ4v) is 2.32. The molecule has 1 aromatic rings. The van der Waals surface area contributed by atoms with Crippen LogP contribution in [0.15, 0.2) is 24.2 Å². The highest BCUT2D eigenvalue weighted by Crippen LogP contribution is 2.15. The lowest BCUT2D eigenvalue weighted by Crippen LogP contribution is -2.44. The van der Waals surface area contributed by atoms with Gasteiger partial charge in [-0.25, -0.2) is 9.97 Å². The topological polar surface area (TPSA) is 101 Å². The average molecular weight is 302 g/mol. The van der Waals surface area contributed by atoms with Gasteiger partial charge in [-0.2, -0.15) is 0 Å². The Labute approximate surface area is 126 Å². The van der Waals surface area contributed by atoms with Crippen LogP contribution >= 0.6 is 0 Å². The maximum absolute atomic E-state index is 12.2. The maximum Gasteiger partial charge on any atom is 0.238 e. The molecule has 0 unspecified atom stereocenters. The number of carbonyl (C=O) groups excluding carboxylic acids is 3. The second kappa shape index (κ2) is 6.12. The monoisotopic (exact) mass is 302 g/mol. The zero-order valence-corrected chi connectivity index (χ0v) is 11.7. The minimum atomic E-state index is -0.502. The molecule has 0 radical (unpaired) electrons.